The number of nitrogens with zero attached hydrogens (tertiary/aromatic N) is 3. The normalized spacial score (nSPS) is 14.7. The Morgan fingerprint density at radius 2 is 2.23 bits per heavy atom. The third kappa shape index (κ3) is 3.34. The lowest BCUT2D eigenvalue weighted by Crippen LogP contribution is -2.43. The number of carbonyl (C=O) groups excluding carboxylic acids is 1. The van der Waals surface area contributed by atoms with E-state index in [1.54, 1.807) is 12.0 Å². The molecule has 1 aliphatic rings. The maximum absolute atomic E-state index is 12.1. The van der Waals surface area contributed by atoms with E-state index in [0.717, 1.165) is 22.8 Å². The van der Waals surface area contributed by atoms with Gasteiger partial charge in [-0.2, -0.15) is 9.36 Å². The third-order valence-electron chi connectivity index (χ3n) is 3.27. The standard InChI is InChI=1S/C14H16N4O3S/c1-20-11-4-2-3-10(9-11)12-15-13(22-17-12)16-14(19)18-5-7-21-8-6-18/h2-4,9H,5-8H2,1H3,(H,15,16,17,19). The van der Waals surface area contributed by atoms with E-state index < -0.39 is 0 Å². The summed E-state index contributed by atoms with van der Waals surface area (Å²) in [4.78, 5) is 18.1. The smallest absolute Gasteiger partial charge is 0.323 e. The van der Waals surface area contributed by atoms with Crippen molar-refractivity contribution in [3.05, 3.63) is 24.3 Å². The molecule has 2 aromatic rings. The molecule has 0 spiro atoms. The van der Waals surface area contributed by atoms with Gasteiger partial charge in [0.15, 0.2) is 5.82 Å². The van der Waals surface area contributed by atoms with Crippen LogP contribution in [-0.4, -0.2) is 53.7 Å². The Morgan fingerprint density at radius 1 is 1.41 bits per heavy atom. The van der Waals surface area contributed by atoms with Gasteiger partial charge in [0.25, 0.3) is 0 Å². The van der Waals surface area contributed by atoms with Crippen LogP contribution in [0, 0.1) is 0 Å². The molecule has 0 bridgehead atoms. The lowest BCUT2D eigenvalue weighted by molar-refractivity contribution is 0.0564. The second-order valence-corrected chi connectivity index (χ2v) is 5.44. The van der Waals surface area contributed by atoms with E-state index in [-0.39, 0.29) is 6.03 Å². The van der Waals surface area contributed by atoms with Crippen LogP contribution in [0.15, 0.2) is 24.3 Å². The Bertz CT molecular complexity index is 655. The summed E-state index contributed by atoms with van der Waals surface area (Å²) in [6, 6.07) is 7.32. The van der Waals surface area contributed by atoms with Crippen LogP contribution in [0.2, 0.25) is 0 Å². The fourth-order valence-electron chi connectivity index (χ4n) is 2.09. The molecule has 0 unspecified atom stereocenters. The minimum absolute atomic E-state index is 0.170. The molecule has 1 saturated heterocycles. The number of ether oxygens (including phenoxy) is 2. The molecule has 1 fully saturated rings. The van der Waals surface area contributed by atoms with Crippen LogP contribution in [0.25, 0.3) is 11.4 Å². The molecule has 3 rings (SSSR count). The first kappa shape index (κ1) is 14.7. The number of aromatic nitrogens is 2. The van der Waals surface area contributed by atoms with Crippen LogP contribution in [0.3, 0.4) is 0 Å². The van der Waals surface area contributed by atoms with Crippen molar-refractivity contribution in [3.63, 3.8) is 0 Å². The summed E-state index contributed by atoms with van der Waals surface area (Å²) in [5.41, 5.74) is 0.850. The van der Waals surface area contributed by atoms with Crippen molar-refractivity contribution < 1.29 is 14.3 Å². The molecule has 0 saturated carbocycles. The molecule has 116 valence electrons. The van der Waals surface area contributed by atoms with E-state index in [4.69, 9.17) is 9.47 Å². The van der Waals surface area contributed by atoms with Crippen molar-refractivity contribution in [2.24, 2.45) is 0 Å². The highest BCUT2D eigenvalue weighted by molar-refractivity contribution is 7.10. The summed E-state index contributed by atoms with van der Waals surface area (Å²) < 4.78 is 14.7. The summed E-state index contributed by atoms with van der Waals surface area (Å²) >= 11 is 1.16. The average molecular weight is 320 g/mol. The van der Waals surface area contributed by atoms with Crippen LogP contribution < -0.4 is 10.1 Å². The Balaban J connectivity index is 1.69. The number of hydrogen-bond acceptors (Lipinski definition) is 6. The fourth-order valence-corrected chi connectivity index (χ4v) is 2.67. The number of amides is 2. The quantitative estimate of drug-likeness (QED) is 0.937. The maximum Gasteiger partial charge on any atom is 0.323 e. The van der Waals surface area contributed by atoms with E-state index in [9.17, 15) is 4.79 Å². The van der Waals surface area contributed by atoms with Gasteiger partial charge in [-0.25, -0.2) is 4.79 Å². The monoisotopic (exact) mass is 320 g/mol. The van der Waals surface area contributed by atoms with Gasteiger partial charge in [-0.3, -0.25) is 5.32 Å². The van der Waals surface area contributed by atoms with E-state index in [1.165, 1.54) is 0 Å². The number of urea groups is 1. The van der Waals surface area contributed by atoms with E-state index in [1.807, 2.05) is 24.3 Å². The van der Waals surface area contributed by atoms with Crippen molar-refractivity contribution in [1.29, 1.82) is 0 Å². The fraction of sp³-hybridized carbons (Fsp3) is 0.357. The molecule has 2 amide bonds. The molecule has 2 heterocycles. The first-order valence-corrected chi connectivity index (χ1v) is 7.65. The van der Waals surface area contributed by atoms with Crippen molar-refractivity contribution in [2.75, 3.05) is 38.7 Å². The molecular weight excluding hydrogens is 304 g/mol. The Kier molecular flexibility index (Phi) is 4.50. The highest BCUT2D eigenvalue weighted by atomic mass is 32.1. The molecule has 1 aromatic carbocycles. The second kappa shape index (κ2) is 6.71. The third-order valence-corrected chi connectivity index (χ3v) is 3.90. The maximum atomic E-state index is 12.1. The van der Waals surface area contributed by atoms with Gasteiger partial charge >= 0.3 is 6.03 Å². The van der Waals surface area contributed by atoms with Crippen molar-refractivity contribution in [3.8, 4) is 17.1 Å². The average Bonchev–Trinajstić information content (AvgIpc) is 3.04. The summed E-state index contributed by atoms with van der Waals surface area (Å²) in [7, 11) is 1.61. The molecule has 8 heteroatoms. The van der Waals surface area contributed by atoms with Gasteiger partial charge in [-0.1, -0.05) is 12.1 Å². The first-order valence-electron chi connectivity index (χ1n) is 6.88. The summed E-state index contributed by atoms with van der Waals surface area (Å²) in [6.45, 7) is 2.32. The molecule has 1 aliphatic heterocycles. The van der Waals surface area contributed by atoms with Gasteiger partial charge in [-0.15, -0.1) is 0 Å². The Hall–Kier alpha value is -2.19. The number of hydrogen-bond donors (Lipinski definition) is 1. The number of benzene rings is 1. The number of rotatable bonds is 3. The molecule has 22 heavy (non-hydrogen) atoms. The number of morpholine rings is 1. The molecule has 1 aromatic heterocycles. The highest BCUT2D eigenvalue weighted by Crippen LogP contribution is 2.24. The zero-order valence-corrected chi connectivity index (χ0v) is 12.9. The lowest BCUT2D eigenvalue weighted by Gasteiger charge is -2.26. The molecular formula is C14H16N4O3S. The van der Waals surface area contributed by atoms with E-state index in [2.05, 4.69) is 14.7 Å². The van der Waals surface area contributed by atoms with E-state index >= 15 is 0 Å². The number of nitrogens with one attached hydrogen (secondary N) is 1. The van der Waals surface area contributed by atoms with Crippen LogP contribution in [0.5, 0.6) is 5.75 Å². The predicted molar refractivity (Wildman–Crippen MR) is 83.3 cm³/mol. The molecule has 0 radical (unpaired) electrons. The zero-order chi connectivity index (χ0) is 15.4. The van der Waals surface area contributed by atoms with Crippen LogP contribution in [-0.2, 0) is 4.74 Å². The highest BCUT2D eigenvalue weighted by Gasteiger charge is 2.18. The van der Waals surface area contributed by atoms with Crippen LogP contribution >= 0.6 is 11.5 Å². The zero-order valence-electron chi connectivity index (χ0n) is 12.1. The predicted octanol–water partition coefficient (Wildman–Crippen LogP) is 2.08. The largest absolute Gasteiger partial charge is 0.497 e. The topological polar surface area (TPSA) is 76.6 Å². The second-order valence-electron chi connectivity index (χ2n) is 4.68. The lowest BCUT2D eigenvalue weighted by atomic mass is 10.2. The van der Waals surface area contributed by atoms with Gasteiger partial charge in [-0.05, 0) is 12.1 Å². The Labute approximate surface area is 132 Å². The van der Waals surface area contributed by atoms with Crippen molar-refractivity contribution in [1.82, 2.24) is 14.3 Å². The van der Waals surface area contributed by atoms with Crippen LogP contribution in [0.1, 0.15) is 0 Å². The van der Waals surface area contributed by atoms with Gasteiger partial charge < -0.3 is 14.4 Å². The van der Waals surface area contributed by atoms with Crippen LogP contribution in [0.4, 0.5) is 9.93 Å². The minimum atomic E-state index is -0.170. The molecule has 1 N–H and O–H groups in total. The molecule has 7 nitrogen and oxygen atoms in total. The number of carbonyl (C=O) groups is 1. The van der Waals surface area contributed by atoms with Gasteiger partial charge in [0.2, 0.25) is 5.13 Å². The number of anilines is 1. The van der Waals surface area contributed by atoms with E-state index in [0.29, 0.717) is 37.3 Å². The number of methoxy groups -OCH3 is 1. The molecule has 0 aliphatic carbocycles. The van der Waals surface area contributed by atoms with Gasteiger partial charge in [0.1, 0.15) is 5.75 Å². The van der Waals surface area contributed by atoms with Gasteiger partial charge in [0, 0.05) is 30.2 Å². The van der Waals surface area contributed by atoms with Gasteiger partial charge in [0.05, 0.1) is 20.3 Å². The molecule has 0 atom stereocenters. The first-order chi connectivity index (χ1) is 10.8. The summed E-state index contributed by atoms with van der Waals surface area (Å²) in [5.74, 6) is 1.31. The minimum Gasteiger partial charge on any atom is -0.497 e. The summed E-state index contributed by atoms with van der Waals surface area (Å²) in [6.07, 6.45) is 0. The van der Waals surface area contributed by atoms with Crippen molar-refractivity contribution in [2.45, 2.75) is 0 Å². The Morgan fingerprint density at radius 3 is 3.00 bits per heavy atom. The summed E-state index contributed by atoms with van der Waals surface area (Å²) in [5, 5.41) is 3.26. The SMILES string of the molecule is COc1cccc(-c2nsc(NC(=O)N3CCOCC3)n2)c1. The van der Waals surface area contributed by atoms with Crippen molar-refractivity contribution >= 4 is 22.7 Å².